The van der Waals surface area contributed by atoms with E-state index in [1.807, 2.05) is 0 Å². The van der Waals surface area contributed by atoms with Crippen LogP contribution in [0, 0.1) is 0 Å². The first-order valence-electron chi connectivity index (χ1n) is 9.42. The van der Waals surface area contributed by atoms with Crippen molar-refractivity contribution < 1.29 is 0 Å². The number of unbranched alkanes of at least 4 members (excludes halogenated alkanes) is 4. The number of hydrogen-bond acceptors (Lipinski definition) is 1. The van der Waals surface area contributed by atoms with E-state index < -0.39 is 18.4 Å². The van der Waals surface area contributed by atoms with Gasteiger partial charge in [0, 0.05) is 0 Å². The molecule has 0 bridgehead atoms. The van der Waals surface area contributed by atoms with E-state index in [2.05, 4.69) is 49.9 Å². The third-order valence-corrected chi connectivity index (χ3v) is 18.8. The van der Waals surface area contributed by atoms with Gasteiger partial charge in [-0.3, -0.25) is 0 Å². The Morgan fingerprint density at radius 3 is 1.62 bits per heavy atom. The molecule has 0 saturated heterocycles. The minimum absolute atomic E-state index is 1.23. The number of hydrogen-bond donors (Lipinski definition) is 0. The molecule has 0 unspecified atom stereocenters. The molecular formula is C19H41NSn. The van der Waals surface area contributed by atoms with E-state index in [4.69, 9.17) is 0 Å². The van der Waals surface area contributed by atoms with Gasteiger partial charge in [-0.15, -0.1) is 0 Å². The van der Waals surface area contributed by atoms with E-state index in [1.54, 1.807) is 13.3 Å². The molecule has 126 valence electrons. The van der Waals surface area contributed by atoms with Crippen LogP contribution in [0.1, 0.15) is 72.1 Å². The van der Waals surface area contributed by atoms with Crippen molar-refractivity contribution in [2.45, 2.75) is 85.4 Å². The summed E-state index contributed by atoms with van der Waals surface area (Å²) in [6.07, 6.45) is 13.8. The second kappa shape index (κ2) is 14.1. The van der Waals surface area contributed by atoms with E-state index in [-0.39, 0.29) is 0 Å². The zero-order valence-corrected chi connectivity index (χ0v) is 18.4. The van der Waals surface area contributed by atoms with Crippen LogP contribution in [0.2, 0.25) is 13.3 Å². The summed E-state index contributed by atoms with van der Waals surface area (Å²) in [4.78, 5) is 2.30. The normalized spacial score (nSPS) is 12.7. The van der Waals surface area contributed by atoms with E-state index >= 15 is 0 Å². The fourth-order valence-corrected chi connectivity index (χ4v) is 17.6. The standard InChI is InChI=1S/C7H14N.3C4H9.Sn/c1-4-5-6-7-8(2)3;3*1-3-4-2;/h1,4H,5-7H2,2-3H3;3*1,3-4H2,2H3;. The topological polar surface area (TPSA) is 3.24 Å². The van der Waals surface area contributed by atoms with E-state index in [9.17, 15) is 0 Å². The van der Waals surface area contributed by atoms with Crippen LogP contribution in [0.4, 0.5) is 0 Å². The SMILES string of the molecule is CCC[CH2][Sn](/[CH]=C/CCCN(C)C)([CH2]CCC)[CH2]CCC. The van der Waals surface area contributed by atoms with Crippen molar-refractivity contribution in [1.29, 1.82) is 0 Å². The van der Waals surface area contributed by atoms with Gasteiger partial charge in [0.1, 0.15) is 0 Å². The molecule has 0 aliphatic carbocycles. The Hall–Kier alpha value is 0.499. The molecule has 0 spiro atoms. The zero-order chi connectivity index (χ0) is 16.0. The van der Waals surface area contributed by atoms with Crippen LogP contribution in [0.25, 0.3) is 0 Å². The Balaban J connectivity index is 4.57. The summed E-state index contributed by atoms with van der Waals surface area (Å²) in [6.45, 7) is 8.30. The van der Waals surface area contributed by atoms with Crippen LogP contribution in [0.15, 0.2) is 10.2 Å². The van der Waals surface area contributed by atoms with Crippen LogP contribution < -0.4 is 0 Å². The maximum atomic E-state index is 2.82. The first-order valence-corrected chi connectivity index (χ1v) is 17.1. The molecule has 0 fully saturated rings. The summed E-state index contributed by atoms with van der Waals surface area (Å²) in [7, 11) is 4.36. The van der Waals surface area contributed by atoms with Crippen LogP contribution in [-0.4, -0.2) is 43.9 Å². The summed E-state index contributed by atoms with van der Waals surface area (Å²) in [5, 5.41) is 0. The zero-order valence-electron chi connectivity index (χ0n) is 15.6. The molecule has 21 heavy (non-hydrogen) atoms. The second-order valence-electron chi connectivity index (χ2n) is 7.02. The Kier molecular flexibility index (Phi) is 14.4. The summed E-state index contributed by atoms with van der Waals surface area (Å²) >= 11 is -1.96. The van der Waals surface area contributed by atoms with Crippen molar-refractivity contribution in [3.05, 3.63) is 10.2 Å². The van der Waals surface area contributed by atoms with Crippen molar-refractivity contribution in [2.24, 2.45) is 0 Å². The molecule has 0 atom stereocenters. The first-order chi connectivity index (χ1) is 10.1. The molecule has 0 aliphatic rings. The molecule has 0 aromatic rings. The number of rotatable bonds is 14. The third-order valence-electron chi connectivity index (χ3n) is 4.53. The van der Waals surface area contributed by atoms with Gasteiger partial charge in [0.15, 0.2) is 0 Å². The molecule has 0 heterocycles. The van der Waals surface area contributed by atoms with Crippen molar-refractivity contribution in [3.8, 4) is 0 Å². The molecule has 0 saturated carbocycles. The summed E-state index contributed by atoms with van der Waals surface area (Å²) in [5.41, 5.74) is 0. The van der Waals surface area contributed by atoms with Crippen LogP contribution in [0.5, 0.6) is 0 Å². The summed E-state index contributed by atoms with van der Waals surface area (Å²) in [5.74, 6) is 0. The summed E-state index contributed by atoms with van der Waals surface area (Å²) in [6, 6.07) is 0. The van der Waals surface area contributed by atoms with Gasteiger partial charge in [-0.2, -0.15) is 0 Å². The van der Waals surface area contributed by atoms with E-state index in [0.717, 1.165) is 0 Å². The second-order valence-corrected chi connectivity index (χ2v) is 20.0. The number of nitrogens with zero attached hydrogens (tertiary/aromatic N) is 1. The molecule has 0 aliphatic heterocycles. The van der Waals surface area contributed by atoms with Gasteiger partial charge in [-0.1, -0.05) is 0 Å². The Morgan fingerprint density at radius 2 is 1.24 bits per heavy atom. The van der Waals surface area contributed by atoms with Gasteiger partial charge in [0.25, 0.3) is 0 Å². The van der Waals surface area contributed by atoms with E-state index in [1.165, 1.54) is 57.9 Å². The molecule has 0 rings (SSSR count). The quantitative estimate of drug-likeness (QED) is 0.244. The predicted molar refractivity (Wildman–Crippen MR) is 102 cm³/mol. The van der Waals surface area contributed by atoms with Crippen LogP contribution in [0.3, 0.4) is 0 Å². The molecule has 0 N–H and O–H groups in total. The van der Waals surface area contributed by atoms with Crippen molar-refractivity contribution >= 4 is 18.4 Å². The molecular weight excluding hydrogens is 361 g/mol. The van der Waals surface area contributed by atoms with Crippen molar-refractivity contribution in [2.75, 3.05) is 20.6 Å². The van der Waals surface area contributed by atoms with E-state index in [0.29, 0.717) is 0 Å². The third kappa shape index (κ3) is 11.7. The molecule has 0 aromatic heterocycles. The average molecular weight is 402 g/mol. The molecule has 0 aromatic carbocycles. The first kappa shape index (κ1) is 21.5. The van der Waals surface area contributed by atoms with Gasteiger partial charge in [-0.05, 0) is 0 Å². The Bertz CT molecular complexity index is 226. The Labute approximate surface area is 139 Å². The van der Waals surface area contributed by atoms with Crippen molar-refractivity contribution in [3.63, 3.8) is 0 Å². The summed E-state index contributed by atoms with van der Waals surface area (Å²) < 4.78 is 7.64. The number of allylic oxidation sites excluding steroid dienone is 1. The fraction of sp³-hybridized carbons (Fsp3) is 0.895. The molecule has 0 amide bonds. The monoisotopic (exact) mass is 403 g/mol. The van der Waals surface area contributed by atoms with Gasteiger partial charge >= 0.3 is 140 Å². The molecule has 0 radical (unpaired) electrons. The Morgan fingerprint density at radius 1 is 0.762 bits per heavy atom. The molecule has 1 nitrogen and oxygen atoms in total. The van der Waals surface area contributed by atoms with Crippen molar-refractivity contribution in [1.82, 2.24) is 4.90 Å². The van der Waals surface area contributed by atoms with Gasteiger partial charge in [-0.25, -0.2) is 0 Å². The average Bonchev–Trinajstić information content (AvgIpc) is 2.47. The fourth-order valence-electron chi connectivity index (χ4n) is 3.07. The van der Waals surface area contributed by atoms with Gasteiger partial charge in [0.2, 0.25) is 0 Å². The van der Waals surface area contributed by atoms with Gasteiger partial charge in [0.05, 0.1) is 0 Å². The predicted octanol–water partition coefficient (Wildman–Crippen LogP) is 6.27. The van der Waals surface area contributed by atoms with Gasteiger partial charge < -0.3 is 0 Å². The minimum atomic E-state index is -1.96. The maximum absolute atomic E-state index is 2.82. The molecule has 2 heteroatoms. The van der Waals surface area contributed by atoms with Crippen LogP contribution >= 0.6 is 0 Å². The van der Waals surface area contributed by atoms with Crippen LogP contribution in [-0.2, 0) is 0 Å².